The minimum Gasteiger partial charge on any atom is -0.324 e. The molecule has 0 heterocycles. The summed E-state index contributed by atoms with van der Waals surface area (Å²) in [5.41, 5.74) is 1.87. The van der Waals surface area contributed by atoms with E-state index in [1.807, 2.05) is 18.2 Å². The summed E-state index contributed by atoms with van der Waals surface area (Å²) < 4.78 is 13.2. The second kappa shape index (κ2) is 8.47. The van der Waals surface area contributed by atoms with Gasteiger partial charge < -0.3 is 10.6 Å². The zero-order chi connectivity index (χ0) is 19.2. The van der Waals surface area contributed by atoms with Crippen molar-refractivity contribution in [3.63, 3.8) is 0 Å². The monoisotopic (exact) mass is 382 g/mol. The SMILES string of the molecule is O=C(Cc1cccc(F)c1)Nc1cc(C(=O)Nc2ccccc2)ccc1Cl. The number of hydrogen-bond acceptors (Lipinski definition) is 2. The molecule has 2 N–H and O–H groups in total. The molecule has 2 amide bonds. The van der Waals surface area contributed by atoms with Gasteiger partial charge in [-0.05, 0) is 48.0 Å². The lowest BCUT2D eigenvalue weighted by atomic mass is 10.1. The first kappa shape index (κ1) is 18.6. The van der Waals surface area contributed by atoms with Gasteiger partial charge in [0.1, 0.15) is 5.82 Å². The van der Waals surface area contributed by atoms with Gasteiger partial charge in [0.2, 0.25) is 5.91 Å². The number of anilines is 2. The summed E-state index contributed by atoms with van der Waals surface area (Å²) in [5, 5.41) is 5.74. The second-order valence-corrected chi connectivity index (χ2v) is 6.28. The van der Waals surface area contributed by atoms with Gasteiger partial charge in [-0.1, -0.05) is 41.9 Å². The largest absolute Gasteiger partial charge is 0.324 e. The molecule has 3 rings (SSSR count). The summed E-state index contributed by atoms with van der Waals surface area (Å²) in [4.78, 5) is 24.6. The van der Waals surface area contributed by atoms with E-state index in [4.69, 9.17) is 11.6 Å². The van der Waals surface area contributed by atoms with Gasteiger partial charge in [-0.3, -0.25) is 9.59 Å². The van der Waals surface area contributed by atoms with Crippen molar-refractivity contribution in [2.45, 2.75) is 6.42 Å². The Hall–Kier alpha value is -3.18. The third-order valence-electron chi connectivity index (χ3n) is 3.79. The van der Waals surface area contributed by atoms with Crippen molar-refractivity contribution in [3.8, 4) is 0 Å². The molecule has 0 aliphatic carbocycles. The van der Waals surface area contributed by atoms with Gasteiger partial charge in [-0.25, -0.2) is 4.39 Å². The van der Waals surface area contributed by atoms with E-state index in [2.05, 4.69) is 10.6 Å². The first-order valence-electron chi connectivity index (χ1n) is 8.21. The Kier molecular flexibility index (Phi) is 5.84. The molecule has 6 heteroatoms. The molecule has 0 saturated heterocycles. The first-order valence-corrected chi connectivity index (χ1v) is 8.59. The minimum atomic E-state index is -0.405. The van der Waals surface area contributed by atoms with E-state index in [0.29, 0.717) is 27.5 Å². The fourth-order valence-corrected chi connectivity index (χ4v) is 2.68. The van der Waals surface area contributed by atoms with Crippen LogP contribution in [0.25, 0.3) is 0 Å². The normalized spacial score (nSPS) is 10.3. The maximum absolute atomic E-state index is 13.2. The van der Waals surface area contributed by atoms with E-state index in [0.717, 1.165) is 0 Å². The molecule has 0 saturated carbocycles. The summed E-state index contributed by atoms with van der Waals surface area (Å²) in [6.07, 6.45) is -0.00543. The van der Waals surface area contributed by atoms with Crippen LogP contribution >= 0.6 is 11.6 Å². The van der Waals surface area contributed by atoms with Crippen LogP contribution in [-0.4, -0.2) is 11.8 Å². The van der Waals surface area contributed by atoms with Crippen molar-refractivity contribution in [1.82, 2.24) is 0 Å². The maximum atomic E-state index is 13.2. The van der Waals surface area contributed by atoms with Crippen LogP contribution in [0.2, 0.25) is 5.02 Å². The lowest BCUT2D eigenvalue weighted by Gasteiger charge is -2.10. The molecule has 0 unspecified atom stereocenters. The molecule has 0 bridgehead atoms. The highest BCUT2D eigenvalue weighted by atomic mass is 35.5. The van der Waals surface area contributed by atoms with Crippen molar-refractivity contribution in [2.24, 2.45) is 0 Å². The number of rotatable bonds is 5. The number of halogens is 2. The lowest BCUT2D eigenvalue weighted by Crippen LogP contribution is -2.16. The van der Waals surface area contributed by atoms with Crippen molar-refractivity contribution >= 4 is 34.8 Å². The number of hydrogen-bond donors (Lipinski definition) is 2. The van der Waals surface area contributed by atoms with Gasteiger partial charge in [0.15, 0.2) is 0 Å². The summed E-state index contributed by atoms with van der Waals surface area (Å²) in [6.45, 7) is 0. The van der Waals surface area contributed by atoms with E-state index < -0.39 is 5.82 Å². The molecule has 0 radical (unpaired) electrons. The Morgan fingerprint density at radius 1 is 0.889 bits per heavy atom. The molecule has 136 valence electrons. The van der Waals surface area contributed by atoms with E-state index in [9.17, 15) is 14.0 Å². The fourth-order valence-electron chi connectivity index (χ4n) is 2.51. The van der Waals surface area contributed by atoms with Gasteiger partial charge in [0.05, 0.1) is 17.1 Å². The van der Waals surface area contributed by atoms with Gasteiger partial charge >= 0.3 is 0 Å². The summed E-state index contributed by atoms with van der Waals surface area (Å²) in [7, 11) is 0. The highest BCUT2D eigenvalue weighted by Gasteiger charge is 2.12. The second-order valence-electron chi connectivity index (χ2n) is 5.87. The first-order chi connectivity index (χ1) is 13.0. The van der Waals surface area contributed by atoms with Crippen molar-refractivity contribution in [3.05, 3.63) is 94.8 Å². The van der Waals surface area contributed by atoms with Crippen LogP contribution in [0.4, 0.5) is 15.8 Å². The molecule has 27 heavy (non-hydrogen) atoms. The average molecular weight is 383 g/mol. The number of amides is 2. The minimum absolute atomic E-state index is 0.00543. The Labute approximate surface area is 161 Å². The molecule has 0 fully saturated rings. The van der Waals surface area contributed by atoms with Crippen LogP contribution in [0.3, 0.4) is 0 Å². The van der Waals surface area contributed by atoms with Gasteiger partial charge in [0, 0.05) is 11.3 Å². The van der Waals surface area contributed by atoms with Gasteiger partial charge in [0.25, 0.3) is 5.91 Å². The fraction of sp³-hybridized carbons (Fsp3) is 0.0476. The molecule has 0 atom stereocenters. The third kappa shape index (κ3) is 5.15. The van der Waals surface area contributed by atoms with Gasteiger partial charge in [-0.15, -0.1) is 0 Å². The molecule has 0 aliphatic rings. The molecule has 3 aromatic carbocycles. The van der Waals surface area contributed by atoms with Crippen molar-refractivity contribution in [2.75, 3.05) is 10.6 Å². The van der Waals surface area contributed by atoms with Crippen LogP contribution in [0.15, 0.2) is 72.8 Å². The predicted molar refractivity (Wildman–Crippen MR) is 105 cm³/mol. The molecule has 0 aliphatic heterocycles. The number of benzene rings is 3. The molecule has 0 spiro atoms. The molecule has 4 nitrogen and oxygen atoms in total. The van der Waals surface area contributed by atoms with E-state index in [-0.39, 0.29) is 18.2 Å². The van der Waals surface area contributed by atoms with Crippen LogP contribution in [0.5, 0.6) is 0 Å². The maximum Gasteiger partial charge on any atom is 0.255 e. The van der Waals surface area contributed by atoms with Crippen molar-refractivity contribution < 1.29 is 14.0 Å². The topological polar surface area (TPSA) is 58.2 Å². The van der Waals surface area contributed by atoms with E-state index in [1.165, 1.54) is 18.2 Å². The lowest BCUT2D eigenvalue weighted by molar-refractivity contribution is -0.115. The summed E-state index contributed by atoms with van der Waals surface area (Å²) in [5.74, 6) is -1.08. The Morgan fingerprint density at radius 3 is 2.41 bits per heavy atom. The smallest absolute Gasteiger partial charge is 0.255 e. The highest BCUT2D eigenvalue weighted by Crippen LogP contribution is 2.24. The zero-order valence-corrected chi connectivity index (χ0v) is 15.0. The zero-order valence-electron chi connectivity index (χ0n) is 14.2. The highest BCUT2D eigenvalue weighted by molar-refractivity contribution is 6.34. The Morgan fingerprint density at radius 2 is 1.67 bits per heavy atom. The van der Waals surface area contributed by atoms with Crippen LogP contribution in [0.1, 0.15) is 15.9 Å². The van der Waals surface area contributed by atoms with Crippen LogP contribution in [-0.2, 0) is 11.2 Å². The van der Waals surface area contributed by atoms with Crippen LogP contribution in [0, 0.1) is 5.82 Å². The molecule has 0 aromatic heterocycles. The Bertz CT molecular complexity index is 977. The standard InChI is InChI=1S/C21H16ClFN2O2/c22-18-10-9-15(21(27)24-17-7-2-1-3-8-17)13-19(18)25-20(26)12-14-5-4-6-16(23)11-14/h1-11,13H,12H2,(H,24,27)(H,25,26). The van der Waals surface area contributed by atoms with Crippen LogP contribution < -0.4 is 10.6 Å². The molecular weight excluding hydrogens is 367 g/mol. The quantitative estimate of drug-likeness (QED) is 0.658. The average Bonchev–Trinajstić information content (AvgIpc) is 2.64. The van der Waals surface area contributed by atoms with Crippen molar-refractivity contribution in [1.29, 1.82) is 0 Å². The molecular formula is C21H16ClFN2O2. The van der Waals surface area contributed by atoms with E-state index in [1.54, 1.807) is 36.4 Å². The number of carbonyl (C=O) groups excluding carboxylic acids is 2. The van der Waals surface area contributed by atoms with Gasteiger partial charge in [-0.2, -0.15) is 0 Å². The predicted octanol–water partition coefficient (Wildman–Crippen LogP) is 4.91. The number of para-hydroxylation sites is 1. The number of carbonyl (C=O) groups is 2. The summed E-state index contributed by atoms with van der Waals surface area (Å²) in [6, 6.07) is 19.5. The third-order valence-corrected chi connectivity index (χ3v) is 4.12. The van der Waals surface area contributed by atoms with E-state index >= 15 is 0 Å². The Balaban J connectivity index is 1.71. The summed E-state index contributed by atoms with van der Waals surface area (Å²) >= 11 is 6.13. The number of nitrogens with one attached hydrogen (secondary N) is 2. The molecule has 3 aromatic rings.